The zero-order valence-electron chi connectivity index (χ0n) is 12.8. The lowest BCUT2D eigenvalue weighted by Crippen LogP contribution is -2.32. The Balaban J connectivity index is 1.86. The van der Waals surface area contributed by atoms with E-state index < -0.39 is 0 Å². The number of nitrogens with one attached hydrogen (secondary N) is 2. The van der Waals surface area contributed by atoms with Crippen molar-refractivity contribution >= 4 is 5.91 Å². The molecule has 21 heavy (non-hydrogen) atoms. The van der Waals surface area contributed by atoms with Gasteiger partial charge in [-0.15, -0.1) is 0 Å². The second kappa shape index (κ2) is 7.11. The molecule has 5 heteroatoms. The molecule has 2 N–H and O–H groups in total. The molecular weight excluding hydrogens is 266 g/mol. The smallest absolute Gasteiger partial charge is 0.271 e. The number of nitrogens with zero attached hydrogens (tertiary/aromatic N) is 1. The van der Waals surface area contributed by atoms with Crippen LogP contribution in [-0.4, -0.2) is 22.1 Å². The van der Waals surface area contributed by atoms with Crippen LogP contribution in [0.25, 0.3) is 11.5 Å². The van der Waals surface area contributed by atoms with E-state index in [1.54, 1.807) is 18.4 Å². The molecule has 0 spiro atoms. The summed E-state index contributed by atoms with van der Waals surface area (Å²) >= 11 is 0. The highest BCUT2D eigenvalue weighted by Crippen LogP contribution is 2.17. The zero-order valence-corrected chi connectivity index (χ0v) is 12.8. The normalized spacial score (nSPS) is 12.6. The number of carbonyl (C=O) groups excluding carboxylic acids is 1. The number of rotatable bonds is 7. The Bertz CT molecular complexity index is 558. The Labute approximate surface area is 125 Å². The molecule has 0 radical (unpaired) electrons. The molecule has 0 aliphatic rings. The van der Waals surface area contributed by atoms with Gasteiger partial charge in [0.25, 0.3) is 5.91 Å². The van der Waals surface area contributed by atoms with Gasteiger partial charge in [-0.2, -0.15) is 5.10 Å². The minimum Gasteiger partial charge on any atom is -0.463 e. The lowest BCUT2D eigenvalue weighted by Gasteiger charge is -2.13. The van der Waals surface area contributed by atoms with Crippen LogP contribution in [-0.2, 0) is 0 Å². The van der Waals surface area contributed by atoms with Crippen LogP contribution in [0.3, 0.4) is 0 Å². The molecule has 0 saturated carbocycles. The van der Waals surface area contributed by atoms with E-state index in [-0.39, 0.29) is 11.9 Å². The molecule has 5 nitrogen and oxygen atoms in total. The predicted molar refractivity (Wildman–Crippen MR) is 81.9 cm³/mol. The summed E-state index contributed by atoms with van der Waals surface area (Å²) in [5.74, 6) is 1.22. The van der Waals surface area contributed by atoms with Crippen LogP contribution >= 0.6 is 0 Å². The van der Waals surface area contributed by atoms with E-state index in [9.17, 15) is 4.79 Å². The van der Waals surface area contributed by atoms with Crippen LogP contribution in [0.5, 0.6) is 0 Å². The molecule has 1 unspecified atom stereocenters. The number of hydrogen-bond acceptors (Lipinski definition) is 3. The minimum absolute atomic E-state index is 0.152. The first-order valence-corrected chi connectivity index (χ1v) is 7.46. The van der Waals surface area contributed by atoms with Gasteiger partial charge in [-0.25, -0.2) is 0 Å². The molecule has 0 aliphatic carbocycles. The van der Waals surface area contributed by atoms with E-state index >= 15 is 0 Å². The van der Waals surface area contributed by atoms with Crippen molar-refractivity contribution in [1.29, 1.82) is 0 Å². The first-order chi connectivity index (χ1) is 10.1. The average Bonchev–Trinajstić information content (AvgIpc) is 3.09. The van der Waals surface area contributed by atoms with Crippen LogP contribution in [0.15, 0.2) is 28.9 Å². The largest absolute Gasteiger partial charge is 0.463 e. The molecule has 2 aromatic rings. The van der Waals surface area contributed by atoms with E-state index in [4.69, 9.17) is 4.42 Å². The standard InChI is InChI=1S/C16H23N3O2/c1-11(2)6-4-7-12(3)17-16(20)14-10-13(18-19-14)15-8-5-9-21-15/h5,8-12H,4,6-7H2,1-3H3,(H,17,20)(H,18,19). The number of aromatic nitrogens is 2. The van der Waals surface area contributed by atoms with Crippen molar-refractivity contribution in [2.75, 3.05) is 0 Å². The third-order valence-electron chi connectivity index (χ3n) is 3.39. The van der Waals surface area contributed by atoms with Gasteiger partial charge in [0.2, 0.25) is 0 Å². The zero-order chi connectivity index (χ0) is 15.2. The summed E-state index contributed by atoms with van der Waals surface area (Å²) in [7, 11) is 0. The fraction of sp³-hybridized carbons (Fsp3) is 0.500. The third kappa shape index (κ3) is 4.48. The summed E-state index contributed by atoms with van der Waals surface area (Å²) in [5, 5.41) is 9.83. The van der Waals surface area contributed by atoms with Gasteiger partial charge in [0.15, 0.2) is 11.5 Å². The maximum atomic E-state index is 12.1. The van der Waals surface area contributed by atoms with Crippen LogP contribution in [0.4, 0.5) is 0 Å². The third-order valence-corrected chi connectivity index (χ3v) is 3.39. The second-order valence-electron chi connectivity index (χ2n) is 5.84. The van der Waals surface area contributed by atoms with Crippen LogP contribution < -0.4 is 5.32 Å². The molecule has 0 saturated heterocycles. The molecule has 114 valence electrons. The Hall–Kier alpha value is -2.04. The summed E-state index contributed by atoms with van der Waals surface area (Å²) in [6, 6.07) is 5.48. The number of carbonyl (C=O) groups is 1. The van der Waals surface area contributed by atoms with Crippen molar-refractivity contribution in [3.63, 3.8) is 0 Å². The van der Waals surface area contributed by atoms with Gasteiger partial charge < -0.3 is 9.73 Å². The van der Waals surface area contributed by atoms with Gasteiger partial charge in [-0.3, -0.25) is 9.89 Å². The summed E-state index contributed by atoms with van der Waals surface area (Å²) in [6.45, 7) is 6.45. The van der Waals surface area contributed by atoms with Gasteiger partial charge in [0.05, 0.1) is 6.26 Å². The molecular formula is C16H23N3O2. The number of aromatic amines is 1. The maximum Gasteiger partial charge on any atom is 0.271 e. The molecule has 0 aliphatic heterocycles. The van der Waals surface area contributed by atoms with E-state index in [2.05, 4.69) is 29.4 Å². The lowest BCUT2D eigenvalue weighted by atomic mass is 10.0. The van der Waals surface area contributed by atoms with Crippen LogP contribution in [0, 0.1) is 5.92 Å². The minimum atomic E-state index is -0.152. The van der Waals surface area contributed by atoms with E-state index in [0.29, 0.717) is 23.1 Å². The lowest BCUT2D eigenvalue weighted by molar-refractivity contribution is 0.0932. The maximum absolute atomic E-state index is 12.1. The Morgan fingerprint density at radius 3 is 2.86 bits per heavy atom. The summed E-state index contributed by atoms with van der Waals surface area (Å²) in [5.41, 5.74) is 1.09. The highest BCUT2D eigenvalue weighted by molar-refractivity contribution is 5.93. The number of H-pyrrole nitrogens is 1. The number of hydrogen-bond donors (Lipinski definition) is 2. The van der Waals surface area contributed by atoms with E-state index in [1.807, 2.05) is 13.0 Å². The fourth-order valence-electron chi connectivity index (χ4n) is 2.20. The summed E-state index contributed by atoms with van der Waals surface area (Å²) < 4.78 is 5.27. The first kappa shape index (κ1) is 15.4. The topological polar surface area (TPSA) is 70.9 Å². The van der Waals surface area contributed by atoms with E-state index in [1.165, 1.54) is 6.42 Å². The van der Waals surface area contributed by atoms with E-state index in [0.717, 1.165) is 12.8 Å². The fourth-order valence-corrected chi connectivity index (χ4v) is 2.20. The molecule has 1 atom stereocenters. The van der Waals surface area contributed by atoms with Crippen molar-refractivity contribution in [3.05, 3.63) is 30.2 Å². The Morgan fingerprint density at radius 1 is 1.38 bits per heavy atom. The van der Waals surface area contributed by atoms with Gasteiger partial charge in [0, 0.05) is 12.1 Å². The first-order valence-electron chi connectivity index (χ1n) is 7.46. The Kier molecular flexibility index (Phi) is 5.20. The van der Waals surface area contributed by atoms with Crippen LogP contribution in [0.2, 0.25) is 0 Å². The van der Waals surface area contributed by atoms with Gasteiger partial charge in [0.1, 0.15) is 5.69 Å². The summed E-state index contributed by atoms with van der Waals surface area (Å²) in [6.07, 6.45) is 4.88. The quantitative estimate of drug-likeness (QED) is 0.818. The van der Waals surface area contributed by atoms with Crippen molar-refractivity contribution in [3.8, 4) is 11.5 Å². The monoisotopic (exact) mass is 289 g/mol. The second-order valence-corrected chi connectivity index (χ2v) is 5.84. The molecule has 1 amide bonds. The SMILES string of the molecule is CC(C)CCCC(C)NC(=O)c1cc(-c2ccco2)[nH]n1. The van der Waals surface area contributed by atoms with Gasteiger partial charge >= 0.3 is 0 Å². The highest BCUT2D eigenvalue weighted by Gasteiger charge is 2.14. The van der Waals surface area contributed by atoms with Crippen molar-refractivity contribution in [2.45, 2.75) is 46.1 Å². The average molecular weight is 289 g/mol. The molecule has 0 fully saturated rings. The number of amides is 1. The predicted octanol–water partition coefficient (Wildman–Crippen LogP) is 3.61. The van der Waals surface area contributed by atoms with Gasteiger partial charge in [-0.05, 0) is 31.4 Å². The number of furan rings is 1. The molecule has 0 bridgehead atoms. The molecule has 0 aromatic carbocycles. The van der Waals surface area contributed by atoms with Crippen molar-refractivity contribution in [2.24, 2.45) is 5.92 Å². The molecule has 2 rings (SSSR count). The van der Waals surface area contributed by atoms with Gasteiger partial charge in [-0.1, -0.05) is 26.7 Å². The summed E-state index contributed by atoms with van der Waals surface area (Å²) in [4.78, 5) is 12.1. The van der Waals surface area contributed by atoms with Crippen LogP contribution in [0.1, 0.15) is 50.5 Å². The van der Waals surface area contributed by atoms with Crippen molar-refractivity contribution in [1.82, 2.24) is 15.5 Å². The highest BCUT2D eigenvalue weighted by atomic mass is 16.3. The van der Waals surface area contributed by atoms with Crippen molar-refractivity contribution < 1.29 is 9.21 Å². The molecule has 2 aromatic heterocycles. The molecule has 2 heterocycles. The Morgan fingerprint density at radius 2 is 2.19 bits per heavy atom.